The van der Waals surface area contributed by atoms with E-state index >= 15 is 0 Å². The predicted octanol–water partition coefficient (Wildman–Crippen LogP) is 2.21. The Hall–Kier alpha value is -1.17. The van der Waals surface area contributed by atoms with Crippen LogP contribution in [0.3, 0.4) is 0 Å². The normalized spacial score (nSPS) is 31.1. The van der Waals surface area contributed by atoms with E-state index in [1.54, 1.807) is 12.1 Å². The van der Waals surface area contributed by atoms with E-state index in [1.807, 2.05) is 6.92 Å². The number of aliphatic hydroxyl groups is 1. The fourth-order valence-corrected chi connectivity index (χ4v) is 3.44. The Balaban J connectivity index is 1.63. The molecule has 0 amide bonds. The molecule has 4 nitrogen and oxygen atoms in total. The molecule has 1 aromatic rings. The van der Waals surface area contributed by atoms with E-state index in [4.69, 9.17) is 9.47 Å². The molecule has 5 heteroatoms. The summed E-state index contributed by atoms with van der Waals surface area (Å²) in [4.78, 5) is 2.34. The topological polar surface area (TPSA) is 41.9 Å². The molecule has 0 radical (unpaired) electrons. The molecule has 1 N–H and O–H groups in total. The number of β-amino-alcohol motifs (C(OH)–C–C–N with tert-alkyl or cyclic N) is 1. The van der Waals surface area contributed by atoms with Crippen LogP contribution in [0.25, 0.3) is 0 Å². The fourth-order valence-electron chi connectivity index (χ4n) is 3.44. The largest absolute Gasteiger partial charge is 0.487 e. The summed E-state index contributed by atoms with van der Waals surface area (Å²) in [6, 6.07) is 6.58. The molecule has 0 bridgehead atoms. The van der Waals surface area contributed by atoms with E-state index in [2.05, 4.69) is 4.90 Å². The van der Waals surface area contributed by atoms with Gasteiger partial charge in [-0.05, 0) is 38.3 Å². The minimum absolute atomic E-state index is 0.314. The third-order valence-electron chi connectivity index (χ3n) is 4.68. The van der Waals surface area contributed by atoms with Crippen molar-refractivity contribution in [2.45, 2.75) is 43.9 Å². The van der Waals surface area contributed by atoms with E-state index < -0.39 is 5.60 Å². The lowest BCUT2D eigenvalue weighted by Crippen LogP contribution is -2.59. The average molecular weight is 309 g/mol. The number of benzene rings is 1. The zero-order chi connectivity index (χ0) is 15.6. The number of hydrogen-bond donors (Lipinski definition) is 1. The van der Waals surface area contributed by atoms with Crippen molar-refractivity contribution >= 4 is 0 Å². The van der Waals surface area contributed by atoms with Crippen LogP contribution in [0.4, 0.5) is 4.39 Å². The zero-order valence-electron chi connectivity index (χ0n) is 13.0. The first kappa shape index (κ1) is 15.7. The summed E-state index contributed by atoms with van der Waals surface area (Å²) in [6.45, 7) is 4.87. The number of rotatable bonds is 3. The number of likely N-dealkylation sites (tertiary alicyclic amines) is 1. The summed E-state index contributed by atoms with van der Waals surface area (Å²) in [5, 5.41) is 10.8. The average Bonchev–Trinajstić information content (AvgIpc) is 2.50. The van der Waals surface area contributed by atoms with Crippen molar-refractivity contribution in [3.8, 4) is 5.75 Å². The summed E-state index contributed by atoms with van der Waals surface area (Å²) in [5.74, 6) is 0.154. The van der Waals surface area contributed by atoms with Crippen molar-refractivity contribution in [2.75, 3.05) is 26.3 Å². The van der Waals surface area contributed by atoms with E-state index in [0.717, 1.165) is 39.0 Å². The molecule has 0 unspecified atom stereocenters. The second-order valence-corrected chi connectivity index (χ2v) is 6.52. The highest BCUT2D eigenvalue weighted by Gasteiger charge is 2.41. The molecule has 0 spiro atoms. The number of ether oxygens (including phenoxy) is 2. The molecule has 2 heterocycles. The molecule has 22 heavy (non-hydrogen) atoms. The number of piperidine rings is 1. The summed E-state index contributed by atoms with van der Waals surface area (Å²) in [5.41, 5.74) is -0.942. The van der Waals surface area contributed by atoms with Gasteiger partial charge < -0.3 is 14.6 Å². The van der Waals surface area contributed by atoms with E-state index in [0.29, 0.717) is 18.3 Å². The van der Waals surface area contributed by atoms with Crippen molar-refractivity contribution in [1.29, 1.82) is 0 Å². The molecular formula is C17H24FNO3. The molecule has 2 saturated heterocycles. The summed E-state index contributed by atoms with van der Waals surface area (Å²) >= 11 is 0. The highest BCUT2D eigenvalue weighted by molar-refractivity contribution is 5.23. The molecule has 122 valence electrons. The number of halogens is 1. The van der Waals surface area contributed by atoms with Crippen LogP contribution in [0.15, 0.2) is 24.3 Å². The van der Waals surface area contributed by atoms with Crippen molar-refractivity contribution in [1.82, 2.24) is 4.90 Å². The van der Waals surface area contributed by atoms with Crippen LogP contribution >= 0.6 is 0 Å². The van der Waals surface area contributed by atoms with Gasteiger partial charge in [-0.3, -0.25) is 4.90 Å². The Kier molecular flexibility index (Phi) is 4.66. The van der Waals surface area contributed by atoms with Gasteiger partial charge in [-0.1, -0.05) is 6.07 Å². The highest BCUT2D eigenvalue weighted by atomic mass is 19.1. The van der Waals surface area contributed by atoms with Crippen LogP contribution in [-0.2, 0) is 4.74 Å². The van der Waals surface area contributed by atoms with Crippen molar-refractivity contribution < 1.29 is 19.0 Å². The summed E-state index contributed by atoms with van der Waals surface area (Å²) in [6.07, 6.45) is 2.46. The van der Waals surface area contributed by atoms with Crippen molar-refractivity contribution in [3.63, 3.8) is 0 Å². The fraction of sp³-hybridized carbons (Fsp3) is 0.647. The third kappa shape index (κ3) is 3.59. The number of nitrogens with zero attached hydrogens (tertiary/aromatic N) is 1. The van der Waals surface area contributed by atoms with Gasteiger partial charge in [-0.2, -0.15) is 0 Å². The van der Waals surface area contributed by atoms with Gasteiger partial charge in [0, 0.05) is 38.4 Å². The zero-order valence-corrected chi connectivity index (χ0v) is 13.0. The first-order chi connectivity index (χ1) is 10.5. The van der Waals surface area contributed by atoms with E-state index in [-0.39, 0.29) is 11.9 Å². The molecule has 0 aliphatic carbocycles. The third-order valence-corrected chi connectivity index (χ3v) is 4.68. The Labute approximate surface area is 130 Å². The van der Waals surface area contributed by atoms with Crippen LogP contribution in [0.5, 0.6) is 5.75 Å². The Bertz CT molecular complexity index is 502. The molecule has 2 fully saturated rings. The van der Waals surface area contributed by atoms with Crippen molar-refractivity contribution in [3.05, 3.63) is 30.1 Å². The van der Waals surface area contributed by atoms with Gasteiger partial charge >= 0.3 is 0 Å². The number of hydrogen-bond acceptors (Lipinski definition) is 4. The lowest BCUT2D eigenvalue weighted by Gasteiger charge is -2.46. The maximum Gasteiger partial charge on any atom is 0.129 e. The first-order valence-electron chi connectivity index (χ1n) is 8.01. The standard InChI is InChI=1S/C17H24FNO3/c1-17(20)12-19(14-6-9-21-10-7-14)8-5-16(17)22-15-4-2-3-13(18)11-15/h2-4,11,14,16,20H,5-10,12H2,1H3/t16-,17-/m0/s1. The predicted molar refractivity (Wildman–Crippen MR) is 81.5 cm³/mol. The van der Waals surface area contributed by atoms with E-state index in [1.165, 1.54) is 12.1 Å². The van der Waals surface area contributed by atoms with Crippen LogP contribution in [-0.4, -0.2) is 54.1 Å². The van der Waals surface area contributed by atoms with Crippen molar-refractivity contribution in [2.24, 2.45) is 0 Å². The SMILES string of the molecule is C[C@]1(O)CN(C2CCOCC2)CC[C@@H]1Oc1cccc(F)c1. The summed E-state index contributed by atoms with van der Waals surface area (Å²) < 4.78 is 24.5. The second kappa shape index (κ2) is 6.52. The van der Waals surface area contributed by atoms with Crippen LogP contribution in [0.1, 0.15) is 26.2 Å². The molecule has 0 aromatic heterocycles. The molecule has 2 aliphatic heterocycles. The maximum atomic E-state index is 13.3. The Morgan fingerprint density at radius 3 is 2.77 bits per heavy atom. The summed E-state index contributed by atoms with van der Waals surface area (Å²) in [7, 11) is 0. The van der Waals surface area contributed by atoms with Crippen LogP contribution < -0.4 is 4.74 Å². The molecule has 3 rings (SSSR count). The first-order valence-corrected chi connectivity index (χ1v) is 8.01. The highest BCUT2D eigenvalue weighted by Crippen LogP contribution is 2.29. The van der Waals surface area contributed by atoms with Gasteiger partial charge in [-0.25, -0.2) is 4.39 Å². The van der Waals surface area contributed by atoms with Gasteiger partial charge in [0.1, 0.15) is 23.3 Å². The minimum Gasteiger partial charge on any atom is -0.487 e. The molecule has 0 saturated carbocycles. The van der Waals surface area contributed by atoms with Gasteiger partial charge in [0.05, 0.1) is 0 Å². The quantitative estimate of drug-likeness (QED) is 0.929. The Morgan fingerprint density at radius 2 is 2.09 bits per heavy atom. The minimum atomic E-state index is -0.942. The smallest absolute Gasteiger partial charge is 0.129 e. The second-order valence-electron chi connectivity index (χ2n) is 6.52. The lowest BCUT2D eigenvalue weighted by molar-refractivity contribution is -0.113. The molecule has 1 aromatic carbocycles. The Morgan fingerprint density at radius 1 is 1.32 bits per heavy atom. The van der Waals surface area contributed by atoms with Gasteiger partial charge in [-0.15, -0.1) is 0 Å². The van der Waals surface area contributed by atoms with Gasteiger partial charge in [0.15, 0.2) is 0 Å². The lowest BCUT2D eigenvalue weighted by atomic mass is 9.89. The van der Waals surface area contributed by atoms with E-state index in [9.17, 15) is 9.50 Å². The molecular weight excluding hydrogens is 285 g/mol. The van der Waals surface area contributed by atoms with Gasteiger partial charge in [0.2, 0.25) is 0 Å². The monoisotopic (exact) mass is 309 g/mol. The molecule has 2 aliphatic rings. The van der Waals surface area contributed by atoms with Crippen LogP contribution in [0, 0.1) is 5.82 Å². The maximum absolute atomic E-state index is 13.3. The van der Waals surface area contributed by atoms with Gasteiger partial charge in [0.25, 0.3) is 0 Å². The van der Waals surface area contributed by atoms with Crippen LogP contribution in [0.2, 0.25) is 0 Å². The molecule has 2 atom stereocenters.